The Morgan fingerprint density at radius 1 is 0.362 bits per heavy atom. The molecule has 274 valence electrons. The minimum absolute atomic E-state index is 0.705. The summed E-state index contributed by atoms with van der Waals surface area (Å²) in [6.07, 6.45) is 0. The first-order valence-corrected chi connectivity index (χ1v) is 19.9. The van der Waals surface area contributed by atoms with Crippen molar-refractivity contribution in [2.45, 2.75) is 5.41 Å². The second kappa shape index (κ2) is 13.8. The van der Waals surface area contributed by atoms with E-state index < -0.39 is 5.41 Å². The number of nitrogens with zero attached hydrogens (tertiary/aromatic N) is 2. The van der Waals surface area contributed by atoms with Crippen LogP contribution in [-0.2, 0) is 5.41 Å². The predicted octanol–water partition coefficient (Wildman–Crippen LogP) is 14.9. The van der Waals surface area contributed by atoms with Crippen molar-refractivity contribution in [3.8, 4) is 11.1 Å². The van der Waals surface area contributed by atoms with Crippen LogP contribution in [0.15, 0.2) is 235 Å². The summed E-state index contributed by atoms with van der Waals surface area (Å²) in [4.78, 5) is 4.75. The molecule has 0 saturated carbocycles. The molecule has 0 saturated heterocycles. The van der Waals surface area contributed by atoms with Gasteiger partial charge in [-0.3, -0.25) is 0 Å². The zero-order chi connectivity index (χ0) is 38.5. The lowest BCUT2D eigenvalue weighted by atomic mass is 9.67. The van der Waals surface area contributed by atoms with E-state index in [1.165, 1.54) is 22.3 Å². The Balaban J connectivity index is 1.30. The van der Waals surface area contributed by atoms with Crippen LogP contribution < -0.4 is 9.80 Å². The zero-order valence-electron chi connectivity index (χ0n) is 31.7. The van der Waals surface area contributed by atoms with Gasteiger partial charge < -0.3 is 14.2 Å². The lowest BCUT2D eigenvalue weighted by molar-refractivity contribution is 0.669. The van der Waals surface area contributed by atoms with Crippen LogP contribution in [0.3, 0.4) is 0 Å². The van der Waals surface area contributed by atoms with E-state index in [0.717, 1.165) is 67.2 Å². The van der Waals surface area contributed by atoms with Crippen molar-refractivity contribution in [2.75, 3.05) is 9.80 Å². The summed E-state index contributed by atoms with van der Waals surface area (Å²) in [5, 5.41) is 2.17. The van der Waals surface area contributed by atoms with Crippen molar-refractivity contribution in [1.82, 2.24) is 0 Å². The van der Waals surface area contributed by atoms with Crippen LogP contribution in [0.25, 0.3) is 33.1 Å². The molecule has 1 aliphatic rings. The van der Waals surface area contributed by atoms with E-state index in [2.05, 4.69) is 240 Å². The van der Waals surface area contributed by atoms with E-state index in [0.29, 0.717) is 0 Å². The zero-order valence-corrected chi connectivity index (χ0v) is 31.7. The molecule has 1 aliphatic carbocycles. The Hall–Kier alpha value is -7.62. The number of furan rings is 1. The molecule has 0 bridgehead atoms. The standard InChI is InChI=1S/C55H38N2O/c1-7-21-39(22-8-1)55(40-23-9-2-10-24-40)48-37-45(56(41-25-11-3-12-26-41)42-27-13-4-14-28-42)35-36-46(48)52-49(55)38-50(53-47-33-19-20-34-51(47)58-54(52)53)57(43-29-15-5-16-30-43)44-31-17-6-18-32-44/h1-38H. The number of rotatable bonds is 8. The number of para-hydroxylation sites is 5. The number of hydrogen-bond acceptors (Lipinski definition) is 3. The first-order chi connectivity index (χ1) is 28.8. The molecule has 1 heterocycles. The summed E-state index contributed by atoms with van der Waals surface area (Å²) in [6.45, 7) is 0. The van der Waals surface area contributed by atoms with Gasteiger partial charge in [-0.2, -0.15) is 0 Å². The molecule has 0 spiro atoms. The average Bonchev–Trinajstić information content (AvgIpc) is 3.83. The summed E-state index contributed by atoms with van der Waals surface area (Å²) in [5.41, 5.74) is 14.6. The van der Waals surface area contributed by atoms with Gasteiger partial charge in [0.1, 0.15) is 11.2 Å². The smallest absolute Gasteiger partial charge is 0.145 e. The van der Waals surface area contributed by atoms with E-state index >= 15 is 0 Å². The third-order valence-corrected chi connectivity index (χ3v) is 11.7. The Morgan fingerprint density at radius 3 is 1.33 bits per heavy atom. The van der Waals surface area contributed by atoms with E-state index in [9.17, 15) is 0 Å². The molecular formula is C55H38N2O. The highest BCUT2D eigenvalue weighted by atomic mass is 16.3. The second-order valence-electron chi connectivity index (χ2n) is 14.8. The average molecular weight is 743 g/mol. The van der Waals surface area contributed by atoms with E-state index in [-0.39, 0.29) is 0 Å². The molecule has 10 aromatic rings. The molecule has 3 nitrogen and oxygen atoms in total. The minimum Gasteiger partial charge on any atom is -0.455 e. The maximum absolute atomic E-state index is 7.16. The van der Waals surface area contributed by atoms with Crippen molar-refractivity contribution in [2.24, 2.45) is 0 Å². The summed E-state index contributed by atoms with van der Waals surface area (Å²) in [6, 6.07) is 82.7. The lowest BCUT2D eigenvalue weighted by Gasteiger charge is -2.35. The molecule has 3 heteroatoms. The van der Waals surface area contributed by atoms with Gasteiger partial charge in [0.2, 0.25) is 0 Å². The first kappa shape index (κ1) is 33.7. The predicted molar refractivity (Wildman–Crippen MR) is 240 cm³/mol. The van der Waals surface area contributed by atoms with Crippen molar-refractivity contribution >= 4 is 56.1 Å². The molecule has 58 heavy (non-hydrogen) atoms. The lowest BCUT2D eigenvalue weighted by Crippen LogP contribution is -2.29. The monoisotopic (exact) mass is 742 g/mol. The van der Waals surface area contributed by atoms with Gasteiger partial charge in [0, 0.05) is 39.4 Å². The third kappa shape index (κ3) is 5.21. The van der Waals surface area contributed by atoms with Crippen molar-refractivity contribution in [1.29, 1.82) is 0 Å². The Bertz CT molecular complexity index is 2920. The fraction of sp³-hybridized carbons (Fsp3) is 0.0182. The second-order valence-corrected chi connectivity index (χ2v) is 14.8. The fourth-order valence-electron chi connectivity index (χ4n) is 9.31. The Labute approximate surface area is 338 Å². The van der Waals surface area contributed by atoms with Crippen molar-refractivity contribution in [3.63, 3.8) is 0 Å². The maximum atomic E-state index is 7.16. The largest absolute Gasteiger partial charge is 0.455 e. The van der Waals surface area contributed by atoms with Crippen LogP contribution in [0.2, 0.25) is 0 Å². The molecule has 9 aromatic carbocycles. The molecule has 0 N–H and O–H groups in total. The topological polar surface area (TPSA) is 19.6 Å². The molecule has 0 atom stereocenters. The van der Waals surface area contributed by atoms with E-state index in [1.54, 1.807) is 0 Å². The summed E-state index contributed by atoms with van der Waals surface area (Å²) in [7, 11) is 0. The SMILES string of the molecule is c1ccc(N(c2ccccc2)c2ccc3c(c2)C(c2ccccc2)(c2ccccc2)c2cc(N(c4ccccc4)c4ccccc4)c4c(oc5ccccc54)c2-3)cc1. The van der Waals surface area contributed by atoms with E-state index in [4.69, 9.17) is 4.42 Å². The molecule has 0 unspecified atom stereocenters. The highest BCUT2D eigenvalue weighted by Gasteiger charge is 2.48. The molecule has 0 radical (unpaired) electrons. The van der Waals surface area contributed by atoms with Gasteiger partial charge in [-0.1, -0.05) is 158 Å². The van der Waals surface area contributed by atoms with Gasteiger partial charge in [-0.15, -0.1) is 0 Å². The van der Waals surface area contributed by atoms with Gasteiger partial charge >= 0.3 is 0 Å². The van der Waals surface area contributed by atoms with Crippen LogP contribution >= 0.6 is 0 Å². The van der Waals surface area contributed by atoms with Gasteiger partial charge in [0.05, 0.1) is 16.5 Å². The van der Waals surface area contributed by atoms with Crippen LogP contribution in [-0.4, -0.2) is 0 Å². The van der Waals surface area contributed by atoms with E-state index in [1.807, 2.05) is 0 Å². The number of benzene rings is 9. The highest BCUT2D eigenvalue weighted by molar-refractivity contribution is 6.19. The molecule has 0 amide bonds. The number of fused-ring (bicyclic) bond motifs is 7. The minimum atomic E-state index is -0.705. The van der Waals surface area contributed by atoms with Crippen LogP contribution in [0.1, 0.15) is 22.3 Å². The van der Waals surface area contributed by atoms with Crippen molar-refractivity contribution < 1.29 is 4.42 Å². The summed E-state index contributed by atoms with van der Waals surface area (Å²) >= 11 is 0. The van der Waals surface area contributed by atoms with Gasteiger partial charge in [-0.05, 0) is 101 Å². The Morgan fingerprint density at radius 2 is 0.810 bits per heavy atom. The van der Waals surface area contributed by atoms with Crippen LogP contribution in [0.4, 0.5) is 34.1 Å². The van der Waals surface area contributed by atoms with Crippen LogP contribution in [0.5, 0.6) is 0 Å². The highest BCUT2D eigenvalue weighted by Crippen LogP contribution is 2.61. The number of hydrogen-bond donors (Lipinski definition) is 0. The van der Waals surface area contributed by atoms with Gasteiger partial charge in [0.15, 0.2) is 0 Å². The molecule has 1 aromatic heterocycles. The molecule has 0 aliphatic heterocycles. The fourth-order valence-corrected chi connectivity index (χ4v) is 9.31. The summed E-state index contributed by atoms with van der Waals surface area (Å²) < 4.78 is 7.16. The quantitative estimate of drug-likeness (QED) is 0.155. The van der Waals surface area contributed by atoms with Crippen molar-refractivity contribution in [3.05, 3.63) is 253 Å². The molecule has 11 rings (SSSR count). The Kier molecular flexibility index (Phi) is 8.04. The van der Waals surface area contributed by atoms with Gasteiger partial charge in [0.25, 0.3) is 0 Å². The van der Waals surface area contributed by atoms with Gasteiger partial charge in [-0.25, -0.2) is 0 Å². The van der Waals surface area contributed by atoms with Crippen LogP contribution in [0, 0.1) is 0 Å². The summed E-state index contributed by atoms with van der Waals surface area (Å²) in [5.74, 6) is 0. The molecular weight excluding hydrogens is 705 g/mol. The maximum Gasteiger partial charge on any atom is 0.145 e. The first-order valence-electron chi connectivity index (χ1n) is 19.9. The third-order valence-electron chi connectivity index (χ3n) is 11.7. The molecule has 0 fully saturated rings. The normalized spacial score (nSPS) is 12.6. The number of anilines is 6.